The number of carbonyl (C=O) groups is 1. The lowest BCUT2D eigenvalue weighted by Gasteiger charge is -2.11. The molecule has 0 saturated carbocycles. The summed E-state index contributed by atoms with van der Waals surface area (Å²) in [6.07, 6.45) is 0. The first-order valence-electron chi connectivity index (χ1n) is 8.14. The average Bonchev–Trinajstić information content (AvgIpc) is 2.61. The third kappa shape index (κ3) is 4.72. The molecular weight excluding hydrogens is 364 g/mol. The van der Waals surface area contributed by atoms with Crippen molar-refractivity contribution in [2.45, 2.75) is 11.8 Å². The number of amides is 2. The standard InChI is InChI=1S/C20H18N2O4S/c1-14-6-4-8-16(12-14)21-20(23)22-17-9-5-7-15(13-17)18-10-2-3-11-19(18)27(24,25)26/h2-13H,1H3,(H2,21,22,23)(H,24,25,26). The van der Waals surface area contributed by atoms with E-state index in [0.29, 0.717) is 22.5 Å². The van der Waals surface area contributed by atoms with Crippen LogP contribution in [0.4, 0.5) is 16.2 Å². The molecule has 0 bridgehead atoms. The molecule has 0 unspecified atom stereocenters. The van der Waals surface area contributed by atoms with Crippen LogP contribution in [0.3, 0.4) is 0 Å². The third-order valence-corrected chi connectivity index (χ3v) is 4.78. The molecule has 0 aliphatic rings. The Morgan fingerprint density at radius 3 is 2.15 bits per heavy atom. The number of hydrogen-bond donors (Lipinski definition) is 3. The molecule has 0 aromatic heterocycles. The van der Waals surface area contributed by atoms with E-state index in [4.69, 9.17) is 0 Å². The summed E-state index contributed by atoms with van der Waals surface area (Å²) in [5, 5.41) is 5.46. The monoisotopic (exact) mass is 382 g/mol. The highest BCUT2D eigenvalue weighted by molar-refractivity contribution is 7.86. The van der Waals surface area contributed by atoms with Gasteiger partial charge in [-0.3, -0.25) is 4.55 Å². The lowest BCUT2D eigenvalue weighted by Crippen LogP contribution is -2.19. The molecule has 3 rings (SSSR count). The second-order valence-electron chi connectivity index (χ2n) is 6.00. The minimum atomic E-state index is -4.36. The summed E-state index contributed by atoms with van der Waals surface area (Å²) in [5.41, 5.74) is 3.08. The number of anilines is 2. The minimum Gasteiger partial charge on any atom is -0.308 e. The zero-order valence-corrected chi connectivity index (χ0v) is 15.3. The Hall–Kier alpha value is -3.16. The van der Waals surface area contributed by atoms with Crippen molar-refractivity contribution in [1.82, 2.24) is 0 Å². The molecule has 0 heterocycles. The maximum atomic E-state index is 12.2. The van der Waals surface area contributed by atoms with Crippen LogP contribution in [0.15, 0.2) is 77.7 Å². The van der Waals surface area contributed by atoms with Crippen LogP contribution in [0.1, 0.15) is 5.56 Å². The summed E-state index contributed by atoms with van der Waals surface area (Å²) in [5.74, 6) is 0. The van der Waals surface area contributed by atoms with E-state index in [1.165, 1.54) is 12.1 Å². The fourth-order valence-corrected chi connectivity index (χ4v) is 3.43. The van der Waals surface area contributed by atoms with E-state index in [0.717, 1.165) is 5.56 Å². The molecule has 7 heteroatoms. The van der Waals surface area contributed by atoms with Crippen molar-refractivity contribution in [1.29, 1.82) is 0 Å². The highest BCUT2D eigenvalue weighted by Crippen LogP contribution is 2.29. The van der Waals surface area contributed by atoms with Gasteiger partial charge < -0.3 is 10.6 Å². The summed E-state index contributed by atoms with van der Waals surface area (Å²) in [4.78, 5) is 12.0. The summed E-state index contributed by atoms with van der Waals surface area (Å²) in [6, 6.07) is 19.8. The highest BCUT2D eigenvalue weighted by atomic mass is 32.2. The molecule has 0 aliphatic carbocycles. The lowest BCUT2D eigenvalue weighted by atomic mass is 10.1. The van der Waals surface area contributed by atoms with Gasteiger partial charge in [0.05, 0.1) is 0 Å². The van der Waals surface area contributed by atoms with Crippen LogP contribution in [0, 0.1) is 6.92 Å². The Balaban J connectivity index is 1.84. The smallest absolute Gasteiger partial charge is 0.308 e. The number of carbonyl (C=O) groups excluding carboxylic acids is 1. The molecular formula is C20H18N2O4S. The second kappa shape index (κ2) is 7.61. The Labute approximate surface area is 157 Å². The molecule has 3 N–H and O–H groups in total. The minimum absolute atomic E-state index is 0.189. The Morgan fingerprint density at radius 1 is 0.852 bits per heavy atom. The van der Waals surface area contributed by atoms with Gasteiger partial charge >= 0.3 is 6.03 Å². The first-order valence-corrected chi connectivity index (χ1v) is 9.58. The quantitative estimate of drug-likeness (QED) is 0.577. The van der Waals surface area contributed by atoms with Crippen molar-refractivity contribution in [2.75, 3.05) is 10.6 Å². The molecule has 3 aromatic rings. The third-order valence-electron chi connectivity index (χ3n) is 3.87. The molecule has 3 aromatic carbocycles. The molecule has 0 saturated heterocycles. The molecule has 2 amide bonds. The maximum absolute atomic E-state index is 12.2. The van der Waals surface area contributed by atoms with Crippen LogP contribution in [-0.4, -0.2) is 19.0 Å². The first-order chi connectivity index (χ1) is 12.8. The molecule has 0 aliphatic heterocycles. The van der Waals surface area contributed by atoms with Gasteiger partial charge in [-0.25, -0.2) is 4.79 Å². The van der Waals surface area contributed by atoms with Crippen molar-refractivity contribution in [3.63, 3.8) is 0 Å². The van der Waals surface area contributed by atoms with Gasteiger partial charge in [0.1, 0.15) is 4.90 Å². The van der Waals surface area contributed by atoms with E-state index in [-0.39, 0.29) is 4.90 Å². The summed E-state index contributed by atoms with van der Waals surface area (Å²) >= 11 is 0. The van der Waals surface area contributed by atoms with Crippen molar-refractivity contribution in [3.05, 3.63) is 78.4 Å². The Bertz CT molecular complexity index is 1090. The largest absolute Gasteiger partial charge is 0.323 e. The van der Waals surface area contributed by atoms with Gasteiger partial charge in [-0.15, -0.1) is 0 Å². The molecule has 0 spiro atoms. The van der Waals surface area contributed by atoms with Crippen molar-refractivity contribution in [3.8, 4) is 11.1 Å². The van der Waals surface area contributed by atoms with Gasteiger partial charge in [0.2, 0.25) is 0 Å². The molecule has 138 valence electrons. The van der Waals surface area contributed by atoms with Crippen molar-refractivity contribution >= 4 is 27.5 Å². The van der Waals surface area contributed by atoms with Gasteiger partial charge in [-0.1, -0.05) is 42.5 Å². The number of hydrogen-bond acceptors (Lipinski definition) is 3. The lowest BCUT2D eigenvalue weighted by molar-refractivity contribution is 0.262. The zero-order chi connectivity index (χ0) is 19.4. The van der Waals surface area contributed by atoms with E-state index in [1.54, 1.807) is 42.5 Å². The van der Waals surface area contributed by atoms with Crippen LogP contribution in [0.25, 0.3) is 11.1 Å². The van der Waals surface area contributed by atoms with Crippen molar-refractivity contribution < 1.29 is 17.8 Å². The number of nitrogens with one attached hydrogen (secondary N) is 2. The van der Waals surface area contributed by atoms with Gasteiger partial charge in [0, 0.05) is 16.9 Å². The second-order valence-corrected chi connectivity index (χ2v) is 7.39. The summed E-state index contributed by atoms with van der Waals surface area (Å²) in [6.45, 7) is 1.93. The number of rotatable bonds is 4. The van der Waals surface area contributed by atoms with Gasteiger partial charge in [-0.05, 0) is 48.4 Å². The molecule has 0 radical (unpaired) electrons. The molecule has 0 atom stereocenters. The predicted molar refractivity (Wildman–Crippen MR) is 106 cm³/mol. The topological polar surface area (TPSA) is 95.5 Å². The molecule has 0 fully saturated rings. The van der Waals surface area contributed by atoms with Crippen LogP contribution >= 0.6 is 0 Å². The summed E-state index contributed by atoms with van der Waals surface area (Å²) in [7, 11) is -4.36. The van der Waals surface area contributed by atoms with Crippen molar-refractivity contribution in [2.24, 2.45) is 0 Å². The maximum Gasteiger partial charge on any atom is 0.323 e. The summed E-state index contributed by atoms with van der Waals surface area (Å²) < 4.78 is 32.6. The normalized spacial score (nSPS) is 11.0. The zero-order valence-electron chi connectivity index (χ0n) is 14.5. The van der Waals surface area contributed by atoms with Crippen LogP contribution in [0.2, 0.25) is 0 Å². The van der Waals surface area contributed by atoms with E-state index >= 15 is 0 Å². The number of urea groups is 1. The molecule has 6 nitrogen and oxygen atoms in total. The van der Waals surface area contributed by atoms with E-state index in [9.17, 15) is 17.8 Å². The fourth-order valence-electron chi connectivity index (χ4n) is 2.71. The first kappa shape index (κ1) is 18.6. The highest BCUT2D eigenvalue weighted by Gasteiger charge is 2.16. The van der Waals surface area contributed by atoms with Gasteiger partial charge in [0.15, 0.2) is 0 Å². The van der Waals surface area contributed by atoms with Crippen LogP contribution in [0.5, 0.6) is 0 Å². The predicted octanol–water partition coefficient (Wildman–Crippen LogP) is 4.55. The van der Waals surface area contributed by atoms with E-state index in [1.807, 2.05) is 25.1 Å². The Morgan fingerprint density at radius 2 is 1.48 bits per heavy atom. The van der Waals surface area contributed by atoms with Gasteiger partial charge in [-0.2, -0.15) is 8.42 Å². The number of aryl methyl sites for hydroxylation is 1. The average molecular weight is 382 g/mol. The Kier molecular flexibility index (Phi) is 5.25. The number of benzene rings is 3. The van der Waals surface area contributed by atoms with E-state index in [2.05, 4.69) is 10.6 Å². The van der Waals surface area contributed by atoms with Crippen LogP contribution in [-0.2, 0) is 10.1 Å². The van der Waals surface area contributed by atoms with Gasteiger partial charge in [0.25, 0.3) is 10.1 Å². The molecule has 27 heavy (non-hydrogen) atoms. The van der Waals surface area contributed by atoms with E-state index < -0.39 is 16.1 Å². The van der Waals surface area contributed by atoms with Crippen LogP contribution < -0.4 is 10.6 Å². The SMILES string of the molecule is Cc1cccc(NC(=O)Nc2cccc(-c3ccccc3S(=O)(=O)O)c2)c1. The fraction of sp³-hybridized carbons (Fsp3) is 0.0500.